The normalized spacial score (nSPS) is 17.4. The van der Waals surface area contributed by atoms with Crippen molar-refractivity contribution in [2.45, 2.75) is 52.5 Å². The molecule has 0 bridgehead atoms. The number of nitrogens with one attached hydrogen (secondary N) is 2. The minimum absolute atomic E-state index is 0.0410. The van der Waals surface area contributed by atoms with Crippen LogP contribution in [0.4, 0.5) is 0 Å². The maximum absolute atomic E-state index is 11.7. The summed E-state index contributed by atoms with van der Waals surface area (Å²) in [5.74, 6) is 0.229. The molecule has 102 valence electrons. The second kappa shape index (κ2) is 6.16. The van der Waals surface area contributed by atoms with Crippen LogP contribution in [0.15, 0.2) is 0 Å². The molecule has 0 radical (unpaired) electrons. The molecule has 0 aromatic heterocycles. The molecule has 0 heterocycles. The second-order valence-corrected chi connectivity index (χ2v) is 7.67. The lowest BCUT2D eigenvalue weighted by atomic mass is 9.91. The van der Waals surface area contributed by atoms with Crippen LogP contribution >= 0.6 is 0 Å². The van der Waals surface area contributed by atoms with E-state index >= 15 is 0 Å². The molecule has 0 saturated heterocycles. The molecule has 1 aliphatic rings. The largest absolute Gasteiger partial charge is 0.314 e. The summed E-state index contributed by atoms with van der Waals surface area (Å²) in [5, 5.41) is 3.32. The van der Waals surface area contributed by atoms with Crippen molar-refractivity contribution in [2.24, 2.45) is 5.41 Å². The second-order valence-electron chi connectivity index (χ2n) is 5.74. The molecule has 2 N–H and O–H groups in total. The number of hydrogen-bond donors (Lipinski definition) is 2. The molecular formula is C12H26N2O2S. The predicted octanol–water partition coefficient (Wildman–Crippen LogP) is 1.48. The summed E-state index contributed by atoms with van der Waals surface area (Å²) in [4.78, 5) is 0. The monoisotopic (exact) mass is 262 g/mol. The summed E-state index contributed by atoms with van der Waals surface area (Å²) in [7, 11) is -3.09. The molecule has 0 aromatic carbocycles. The van der Waals surface area contributed by atoms with Crippen molar-refractivity contribution in [2.75, 3.05) is 18.8 Å². The van der Waals surface area contributed by atoms with Crippen LogP contribution in [0.5, 0.6) is 0 Å². The Labute approximate surface area is 106 Å². The molecule has 4 nitrogen and oxygen atoms in total. The third-order valence-corrected chi connectivity index (χ3v) is 4.74. The van der Waals surface area contributed by atoms with Crippen molar-refractivity contribution in [1.29, 1.82) is 0 Å². The first-order valence-electron chi connectivity index (χ1n) is 6.55. The Hall–Kier alpha value is -0.130. The molecule has 0 aromatic rings. The number of rotatable bonds is 9. The average molecular weight is 262 g/mol. The van der Waals surface area contributed by atoms with E-state index in [2.05, 4.69) is 30.8 Å². The highest BCUT2D eigenvalue weighted by Gasteiger charge is 2.21. The van der Waals surface area contributed by atoms with Crippen LogP contribution in [-0.2, 0) is 10.0 Å². The van der Waals surface area contributed by atoms with Gasteiger partial charge in [-0.05, 0) is 37.6 Å². The van der Waals surface area contributed by atoms with E-state index in [4.69, 9.17) is 0 Å². The summed E-state index contributed by atoms with van der Waals surface area (Å²) >= 11 is 0. The molecule has 0 aliphatic heterocycles. The van der Waals surface area contributed by atoms with Crippen LogP contribution in [-0.4, -0.2) is 33.3 Å². The highest BCUT2D eigenvalue weighted by molar-refractivity contribution is 7.89. The van der Waals surface area contributed by atoms with E-state index in [1.54, 1.807) is 0 Å². The van der Waals surface area contributed by atoms with Gasteiger partial charge < -0.3 is 5.32 Å². The Morgan fingerprint density at radius 1 is 1.29 bits per heavy atom. The summed E-state index contributed by atoms with van der Waals surface area (Å²) in [5.41, 5.74) is 0.0410. The van der Waals surface area contributed by atoms with Crippen molar-refractivity contribution >= 4 is 10.0 Å². The third-order valence-electron chi connectivity index (χ3n) is 3.33. The van der Waals surface area contributed by atoms with Gasteiger partial charge in [-0.25, -0.2) is 13.1 Å². The molecule has 1 rings (SSSR count). The van der Waals surface area contributed by atoms with Crippen molar-refractivity contribution in [3.05, 3.63) is 0 Å². The standard InChI is InChI=1S/C12H26N2O2S/c1-4-12(2,3)10-14-17(15,16)9-5-8-13-11-6-7-11/h11,13-14H,4-10H2,1-3H3. The van der Waals surface area contributed by atoms with Crippen LogP contribution in [0.2, 0.25) is 0 Å². The van der Waals surface area contributed by atoms with Crippen molar-refractivity contribution < 1.29 is 8.42 Å². The van der Waals surface area contributed by atoms with Crippen molar-refractivity contribution in [3.8, 4) is 0 Å². The average Bonchev–Trinajstić information content (AvgIpc) is 3.06. The highest BCUT2D eigenvalue weighted by atomic mass is 32.2. The first-order chi connectivity index (χ1) is 7.85. The van der Waals surface area contributed by atoms with Gasteiger partial charge in [-0.1, -0.05) is 20.8 Å². The minimum Gasteiger partial charge on any atom is -0.314 e. The van der Waals surface area contributed by atoms with Crippen LogP contribution in [0.1, 0.15) is 46.5 Å². The lowest BCUT2D eigenvalue weighted by Crippen LogP contribution is -2.35. The zero-order valence-electron chi connectivity index (χ0n) is 11.3. The van der Waals surface area contributed by atoms with E-state index < -0.39 is 10.0 Å². The first-order valence-corrected chi connectivity index (χ1v) is 8.20. The van der Waals surface area contributed by atoms with Gasteiger partial charge in [0.2, 0.25) is 10.0 Å². The topological polar surface area (TPSA) is 58.2 Å². The molecule has 0 unspecified atom stereocenters. The van der Waals surface area contributed by atoms with Gasteiger partial charge in [-0.2, -0.15) is 0 Å². The van der Waals surface area contributed by atoms with Gasteiger partial charge >= 0.3 is 0 Å². The Bertz CT molecular complexity index is 321. The maximum Gasteiger partial charge on any atom is 0.211 e. The van der Waals surface area contributed by atoms with Crippen LogP contribution in [0.3, 0.4) is 0 Å². The molecular weight excluding hydrogens is 236 g/mol. The smallest absolute Gasteiger partial charge is 0.211 e. The van der Waals surface area contributed by atoms with Gasteiger partial charge in [0, 0.05) is 12.6 Å². The Balaban J connectivity index is 2.15. The molecule has 5 heteroatoms. The highest BCUT2D eigenvalue weighted by Crippen LogP contribution is 2.19. The molecule has 0 spiro atoms. The zero-order chi connectivity index (χ0) is 12.9. The zero-order valence-corrected chi connectivity index (χ0v) is 12.1. The van der Waals surface area contributed by atoms with E-state index in [0.717, 1.165) is 13.0 Å². The molecule has 1 aliphatic carbocycles. The number of sulfonamides is 1. The van der Waals surface area contributed by atoms with E-state index in [9.17, 15) is 8.42 Å². The molecule has 1 saturated carbocycles. The fourth-order valence-electron chi connectivity index (χ4n) is 1.36. The summed E-state index contributed by atoms with van der Waals surface area (Å²) in [6, 6.07) is 0.657. The van der Waals surface area contributed by atoms with E-state index in [-0.39, 0.29) is 11.2 Å². The van der Waals surface area contributed by atoms with Crippen LogP contribution in [0, 0.1) is 5.41 Å². The van der Waals surface area contributed by atoms with E-state index in [1.807, 2.05) is 0 Å². The SMILES string of the molecule is CCC(C)(C)CNS(=O)(=O)CCCNC1CC1. The minimum atomic E-state index is -3.09. The Morgan fingerprint density at radius 3 is 2.47 bits per heavy atom. The Kier molecular flexibility index (Phi) is 5.41. The first kappa shape index (κ1) is 14.9. The van der Waals surface area contributed by atoms with Gasteiger partial charge in [0.05, 0.1) is 5.75 Å². The van der Waals surface area contributed by atoms with Crippen molar-refractivity contribution in [3.63, 3.8) is 0 Å². The van der Waals surface area contributed by atoms with Gasteiger partial charge in [-0.3, -0.25) is 0 Å². The lowest BCUT2D eigenvalue weighted by molar-refractivity contribution is 0.350. The fourth-order valence-corrected chi connectivity index (χ4v) is 2.64. The Morgan fingerprint density at radius 2 is 1.94 bits per heavy atom. The van der Waals surface area contributed by atoms with Gasteiger partial charge in [-0.15, -0.1) is 0 Å². The molecule has 0 atom stereocenters. The fraction of sp³-hybridized carbons (Fsp3) is 1.00. The number of hydrogen-bond acceptors (Lipinski definition) is 3. The molecule has 0 amide bonds. The van der Waals surface area contributed by atoms with Crippen LogP contribution < -0.4 is 10.0 Å². The van der Waals surface area contributed by atoms with Gasteiger partial charge in [0.15, 0.2) is 0 Å². The van der Waals surface area contributed by atoms with E-state index in [0.29, 0.717) is 19.0 Å². The summed E-state index contributed by atoms with van der Waals surface area (Å²) in [6.45, 7) is 7.56. The maximum atomic E-state index is 11.7. The van der Waals surface area contributed by atoms with E-state index in [1.165, 1.54) is 12.8 Å². The third kappa shape index (κ3) is 7.01. The predicted molar refractivity (Wildman–Crippen MR) is 71.5 cm³/mol. The summed E-state index contributed by atoms with van der Waals surface area (Å²) in [6.07, 6.45) is 4.16. The quantitative estimate of drug-likeness (QED) is 0.619. The van der Waals surface area contributed by atoms with Gasteiger partial charge in [0.25, 0.3) is 0 Å². The van der Waals surface area contributed by atoms with Gasteiger partial charge in [0.1, 0.15) is 0 Å². The lowest BCUT2D eigenvalue weighted by Gasteiger charge is -2.22. The molecule has 1 fully saturated rings. The van der Waals surface area contributed by atoms with Crippen molar-refractivity contribution in [1.82, 2.24) is 10.0 Å². The molecule has 17 heavy (non-hydrogen) atoms. The van der Waals surface area contributed by atoms with Crippen LogP contribution in [0.25, 0.3) is 0 Å². The summed E-state index contributed by atoms with van der Waals surface area (Å²) < 4.78 is 26.1.